The van der Waals surface area contributed by atoms with Gasteiger partial charge in [-0.3, -0.25) is 9.78 Å². The Morgan fingerprint density at radius 3 is 2.88 bits per heavy atom. The molecule has 2 heteroatoms. The number of hydrogen-bond donors (Lipinski definition) is 0. The van der Waals surface area contributed by atoms with Crippen molar-refractivity contribution in [3.8, 4) is 0 Å². The summed E-state index contributed by atoms with van der Waals surface area (Å²) in [7, 11) is 0. The number of pyridine rings is 1. The first kappa shape index (κ1) is 11.8. The van der Waals surface area contributed by atoms with Crippen LogP contribution >= 0.6 is 0 Å². The Labute approximate surface area is 102 Å². The number of Topliss-reactive ketones (excluding diaryl/α,β-unsaturated/α-hetero) is 1. The molecule has 0 aliphatic carbocycles. The number of carbonyl (C=O) groups is 1. The zero-order valence-electron chi connectivity index (χ0n) is 10.3. The summed E-state index contributed by atoms with van der Waals surface area (Å²) in [6.07, 6.45) is 3.41. The van der Waals surface area contributed by atoms with Crippen LogP contribution in [0.4, 0.5) is 0 Å². The van der Waals surface area contributed by atoms with E-state index >= 15 is 0 Å². The fourth-order valence-electron chi connectivity index (χ4n) is 1.92. The quantitative estimate of drug-likeness (QED) is 0.742. The summed E-state index contributed by atoms with van der Waals surface area (Å²) in [5.74, 6) is 0.660. The van der Waals surface area contributed by atoms with Crippen molar-refractivity contribution in [1.82, 2.24) is 4.98 Å². The highest BCUT2D eigenvalue weighted by Gasteiger charge is 2.12. The van der Waals surface area contributed by atoms with E-state index in [0.29, 0.717) is 12.3 Å². The van der Waals surface area contributed by atoms with Crippen molar-refractivity contribution in [1.29, 1.82) is 0 Å². The van der Waals surface area contributed by atoms with Crippen LogP contribution in [-0.2, 0) is 0 Å². The van der Waals surface area contributed by atoms with Crippen molar-refractivity contribution < 1.29 is 4.79 Å². The van der Waals surface area contributed by atoms with Gasteiger partial charge in [0, 0.05) is 23.6 Å². The minimum absolute atomic E-state index is 0.220. The molecule has 0 N–H and O–H groups in total. The Bertz CT molecular complexity index is 528. The molecule has 0 spiro atoms. The maximum Gasteiger partial charge on any atom is 0.163 e. The van der Waals surface area contributed by atoms with E-state index in [1.807, 2.05) is 30.3 Å². The number of ketones is 1. The van der Waals surface area contributed by atoms with Gasteiger partial charge in [0.1, 0.15) is 0 Å². The second-order valence-corrected chi connectivity index (χ2v) is 4.52. The minimum Gasteiger partial charge on any atom is -0.294 e. The molecule has 0 saturated heterocycles. The van der Waals surface area contributed by atoms with Crippen molar-refractivity contribution in [3.63, 3.8) is 0 Å². The molecule has 1 unspecified atom stereocenters. The third-order valence-electron chi connectivity index (χ3n) is 3.18. The first-order valence-corrected chi connectivity index (χ1v) is 6.09. The van der Waals surface area contributed by atoms with Crippen LogP contribution in [0.5, 0.6) is 0 Å². The summed E-state index contributed by atoms with van der Waals surface area (Å²) >= 11 is 0. The maximum atomic E-state index is 12.2. The van der Waals surface area contributed by atoms with Crippen LogP contribution in [0.2, 0.25) is 0 Å². The molecule has 2 rings (SSSR count). The van der Waals surface area contributed by atoms with E-state index in [1.54, 1.807) is 6.20 Å². The second kappa shape index (κ2) is 5.09. The van der Waals surface area contributed by atoms with Crippen molar-refractivity contribution in [3.05, 3.63) is 42.1 Å². The lowest BCUT2D eigenvalue weighted by atomic mass is 9.95. The number of nitrogens with zero attached hydrogens (tertiary/aromatic N) is 1. The van der Waals surface area contributed by atoms with Crippen LogP contribution in [0.15, 0.2) is 36.5 Å². The molecular formula is C15H17NO. The van der Waals surface area contributed by atoms with E-state index in [1.165, 1.54) is 0 Å². The summed E-state index contributed by atoms with van der Waals surface area (Å²) in [5.41, 5.74) is 1.69. The highest BCUT2D eigenvalue weighted by molar-refractivity contribution is 6.07. The van der Waals surface area contributed by atoms with Crippen LogP contribution in [0, 0.1) is 5.92 Å². The smallest absolute Gasteiger partial charge is 0.163 e. The predicted molar refractivity (Wildman–Crippen MR) is 70.1 cm³/mol. The van der Waals surface area contributed by atoms with Crippen LogP contribution in [-0.4, -0.2) is 10.8 Å². The van der Waals surface area contributed by atoms with Gasteiger partial charge in [-0.2, -0.15) is 0 Å². The highest BCUT2D eigenvalue weighted by atomic mass is 16.1. The van der Waals surface area contributed by atoms with Gasteiger partial charge >= 0.3 is 0 Å². The van der Waals surface area contributed by atoms with E-state index in [0.717, 1.165) is 22.9 Å². The first-order chi connectivity index (χ1) is 8.22. The van der Waals surface area contributed by atoms with Gasteiger partial charge in [0.2, 0.25) is 0 Å². The number of rotatable bonds is 4. The molecule has 1 aromatic heterocycles. The van der Waals surface area contributed by atoms with Gasteiger partial charge in [0.25, 0.3) is 0 Å². The SMILES string of the molecule is CCC(C)CC(=O)c1cccc2ncccc12. The molecule has 0 amide bonds. The Morgan fingerprint density at radius 1 is 1.29 bits per heavy atom. The van der Waals surface area contributed by atoms with E-state index < -0.39 is 0 Å². The molecule has 0 radical (unpaired) electrons. The molecule has 2 aromatic rings. The fraction of sp³-hybridized carbons (Fsp3) is 0.333. The number of fused-ring (bicyclic) bond motifs is 1. The predicted octanol–water partition coefficient (Wildman–Crippen LogP) is 3.85. The lowest BCUT2D eigenvalue weighted by Crippen LogP contribution is -2.06. The molecule has 0 aliphatic heterocycles. The zero-order chi connectivity index (χ0) is 12.3. The van der Waals surface area contributed by atoms with E-state index in [4.69, 9.17) is 0 Å². The van der Waals surface area contributed by atoms with Crippen LogP contribution in [0.25, 0.3) is 10.9 Å². The summed E-state index contributed by atoms with van der Waals surface area (Å²) in [6, 6.07) is 9.58. The third kappa shape index (κ3) is 2.52. The third-order valence-corrected chi connectivity index (χ3v) is 3.18. The Balaban J connectivity index is 2.38. The number of aromatic nitrogens is 1. The molecule has 1 atom stereocenters. The van der Waals surface area contributed by atoms with E-state index in [2.05, 4.69) is 18.8 Å². The van der Waals surface area contributed by atoms with Gasteiger partial charge in [0.05, 0.1) is 5.52 Å². The Kier molecular flexibility index (Phi) is 3.52. The second-order valence-electron chi connectivity index (χ2n) is 4.52. The van der Waals surface area contributed by atoms with Gasteiger partial charge in [0.15, 0.2) is 5.78 Å². The summed E-state index contributed by atoms with van der Waals surface area (Å²) < 4.78 is 0. The van der Waals surface area contributed by atoms with Crippen molar-refractivity contribution in [2.75, 3.05) is 0 Å². The van der Waals surface area contributed by atoms with Crippen LogP contribution in [0.1, 0.15) is 37.0 Å². The lowest BCUT2D eigenvalue weighted by Gasteiger charge is -2.09. The average molecular weight is 227 g/mol. The molecule has 0 fully saturated rings. The van der Waals surface area contributed by atoms with Gasteiger partial charge in [-0.1, -0.05) is 38.5 Å². The largest absolute Gasteiger partial charge is 0.294 e. The minimum atomic E-state index is 0.220. The Hall–Kier alpha value is -1.70. The highest BCUT2D eigenvalue weighted by Crippen LogP contribution is 2.20. The topological polar surface area (TPSA) is 30.0 Å². The van der Waals surface area contributed by atoms with Crippen molar-refractivity contribution in [2.24, 2.45) is 5.92 Å². The molecule has 2 nitrogen and oxygen atoms in total. The Morgan fingerprint density at radius 2 is 2.12 bits per heavy atom. The molecule has 1 aromatic carbocycles. The molecule has 17 heavy (non-hydrogen) atoms. The molecular weight excluding hydrogens is 210 g/mol. The molecule has 0 aliphatic rings. The first-order valence-electron chi connectivity index (χ1n) is 6.09. The van der Waals surface area contributed by atoms with Gasteiger partial charge in [-0.15, -0.1) is 0 Å². The van der Waals surface area contributed by atoms with Crippen LogP contribution < -0.4 is 0 Å². The summed E-state index contributed by atoms with van der Waals surface area (Å²) in [5, 5.41) is 0.961. The van der Waals surface area contributed by atoms with Crippen LogP contribution in [0.3, 0.4) is 0 Å². The zero-order valence-corrected chi connectivity index (χ0v) is 10.3. The van der Waals surface area contributed by atoms with E-state index in [-0.39, 0.29) is 5.78 Å². The van der Waals surface area contributed by atoms with Gasteiger partial charge < -0.3 is 0 Å². The van der Waals surface area contributed by atoms with Crippen molar-refractivity contribution >= 4 is 16.7 Å². The summed E-state index contributed by atoms with van der Waals surface area (Å²) in [4.78, 5) is 16.5. The number of carbonyl (C=O) groups excluding carboxylic acids is 1. The van der Waals surface area contributed by atoms with Crippen molar-refractivity contribution in [2.45, 2.75) is 26.7 Å². The fourth-order valence-corrected chi connectivity index (χ4v) is 1.92. The number of hydrogen-bond acceptors (Lipinski definition) is 2. The van der Waals surface area contributed by atoms with Gasteiger partial charge in [-0.05, 0) is 18.1 Å². The molecule has 0 saturated carbocycles. The maximum absolute atomic E-state index is 12.2. The average Bonchev–Trinajstić information content (AvgIpc) is 2.37. The van der Waals surface area contributed by atoms with Gasteiger partial charge in [-0.25, -0.2) is 0 Å². The molecule has 88 valence electrons. The lowest BCUT2D eigenvalue weighted by molar-refractivity contribution is 0.0965. The standard InChI is InChI=1S/C15H17NO/c1-3-11(2)10-15(17)13-6-4-8-14-12(13)7-5-9-16-14/h4-9,11H,3,10H2,1-2H3. The molecule has 1 heterocycles. The molecule has 0 bridgehead atoms. The number of benzene rings is 1. The monoisotopic (exact) mass is 227 g/mol. The normalized spacial score (nSPS) is 12.6. The summed E-state index contributed by atoms with van der Waals surface area (Å²) in [6.45, 7) is 4.23. The van der Waals surface area contributed by atoms with E-state index in [9.17, 15) is 4.79 Å².